The van der Waals surface area contributed by atoms with E-state index in [1.54, 1.807) is 36.4 Å². The van der Waals surface area contributed by atoms with Gasteiger partial charge in [-0.1, -0.05) is 41.9 Å². The van der Waals surface area contributed by atoms with Crippen LogP contribution in [0.15, 0.2) is 72.8 Å². The van der Waals surface area contributed by atoms with Gasteiger partial charge in [0.15, 0.2) is 0 Å². The predicted molar refractivity (Wildman–Crippen MR) is 125 cm³/mol. The zero-order valence-electron chi connectivity index (χ0n) is 18.4. The molecule has 0 aromatic heterocycles. The number of carbonyl (C=O) groups is 4. The van der Waals surface area contributed by atoms with Gasteiger partial charge in [0.2, 0.25) is 5.91 Å². The molecule has 1 aliphatic rings. The van der Waals surface area contributed by atoms with Crippen LogP contribution in [0.5, 0.6) is 5.75 Å². The van der Waals surface area contributed by atoms with Gasteiger partial charge in [0, 0.05) is 5.56 Å². The summed E-state index contributed by atoms with van der Waals surface area (Å²) >= 11 is 5.82. The molecule has 10 heteroatoms. The number of imide groups is 1. The quantitative estimate of drug-likeness (QED) is 0.431. The Hall–Kier alpha value is -4.24. The lowest BCUT2D eigenvalue weighted by Gasteiger charge is -2.28. The van der Waals surface area contributed by atoms with Crippen molar-refractivity contribution < 1.29 is 28.3 Å². The van der Waals surface area contributed by atoms with Crippen LogP contribution in [0.4, 0.5) is 10.1 Å². The highest BCUT2D eigenvalue weighted by Gasteiger charge is 2.45. The van der Waals surface area contributed by atoms with Gasteiger partial charge in [0.05, 0.1) is 29.8 Å². The van der Waals surface area contributed by atoms with Crippen LogP contribution in [0.1, 0.15) is 27.1 Å². The fraction of sp³-hybridized carbons (Fsp3) is 0.120. The normalized spacial score (nSPS) is 15.2. The summed E-state index contributed by atoms with van der Waals surface area (Å²) < 4.78 is 18.8. The van der Waals surface area contributed by atoms with Crippen molar-refractivity contribution >= 4 is 40.9 Å². The van der Waals surface area contributed by atoms with Gasteiger partial charge in [-0.25, -0.2) is 14.3 Å². The molecule has 1 saturated heterocycles. The monoisotopic (exact) mass is 495 g/mol. The second-order valence-corrected chi connectivity index (χ2v) is 7.98. The molecule has 0 radical (unpaired) electrons. The Balaban J connectivity index is 1.70. The molecule has 0 spiro atoms. The number of benzene rings is 3. The van der Waals surface area contributed by atoms with Crippen molar-refractivity contribution in [1.29, 1.82) is 0 Å². The van der Waals surface area contributed by atoms with E-state index in [4.69, 9.17) is 16.3 Å². The number of rotatable bonds is 5. The Morgan fingerprint density at radius 3 is 2.43 bits per heavy atom. The van der Waals surface area contributed by atoms with E-state index in [0.29, 0.717) is 0 Å². The molecule has 3 aromatic rings. The molecule has 178 valence electrons. The minimum absolute atomic E-state index is 0.0528. The lowest BCUT2D eigenvalue weighted by molar-refractivity contribution is -0.122. The summed E-state index contributed by atoms with van der Waals surface area (Å²) in [6, 6.07) is 16.4. The summed E-state index contributed by atoms with van der Waals surface area (Å²) in [4.78, 5) is 53.4. The van der Waals surface area contributed by atoms with Gasteiger partial charge in [0.25, 0.3) is 17.7 Å². The summed E-state index contributed by atoms with van der Waals surface area (Å²) in [6.07, 6.45) is -0.404. The molecule has 35 heavy (non-hydrogen) atoms. The first-order chi connectivity index (χ1) is 16.8. The molecule has 0 bridgehead atoms. The second kappa shape index (κ2) is 9.94. The first-order valence-corrected chi connectivity index (χ1v) is 10.8. The van der Waals surface area contributed by atoms with Crippen LogP contribution >= 0.6 is 11.6 Å². The molecule has 8 nitrogen and oxygen atoms in total. The molecule has 4 rings (SSSR count). The van der Waals surface area contributed by atoms with Crippen LogP contribution in [0.25, 0.3) is 0 Å². The molecule has 4 amide bonds. The largest absolute Gasteiger partial charge is 0.496 e. The van der Waals surface area contributed by atoms with Crippen LogP contribution in [0.3, 0.4) is 0 Å². The van der Waals surface area contributed by atoms with Crippen LogP contribution < -0.4 is 15.1 Å². The fourth-order valence-electron chi connectivity index (χ4n) is 3.70. The summed E-state index contributed by atoms with van der Waals surface area (Å²) in [5.74, 6) is -3.28. The van der Waals surface area contributed by atoms with Crippen LogP contribution in [0, 0.1) is 5.82 Å². The third-order valence-corrected chi connectivity index (χ3v) is 5.70. The summed E-state index contributed by atoms with van der Waals surface area (Å²) in [7, 11) is 1.39. The maximum atomic E-state index is 13.6. The highest BCUT2D eigenvalue weighted by atomic mass is 35.5. The van der Waals surface area contributed by atoms with Gasteiger partial charge in [-0.15, -0.1) is 0 Å². The maximum absolute atomic E-state index is 13.6. The maximum Gasteiger partial charge on any atom is 0.273 e. The lowest BCUT2D eigenvalue weighted by Crippen LogP contribution is -2.54. The number of halogens is 2. The number of hydrogen-bond acceptors (Lipinski definition) is 5. The first-order valence-electron chi connectivity index (χ1n) is 10.5. The van der Waals surface area contributed by atoms with Crippen LogP contribution in [0.2, 0.25) is 5.02 Å². The van der Waals surface area contributed by atoms with E-state index in [1.807, 2.05) is 0 Å². The summed E-state index contributed by atoms with van der Waals surface area (Å²) in [5, 5.41) is 0.573. The number of nitrogens with one attached hydrogen (secondary N) is 1. The van der Waals surface area contributed by atoms with Crippen molar-refractivity contribution in [3.63, 3.8) is 0 Å². The van der Waals surface area contributed by atoms with E-state index in [0.717, 1.165) is 22.0 Å². The number of hydrazine groups is 1. The van der Waals surface area contributed by atoms with Crippen molar-refractivity contribution in [2.45, 2.75) is 12.5 Å². The molecule has 1 fully saturated rings. The number of nitrogens with zero attached hydrogens (tertiary/aromatic N) is 2. The van der Waals surface area contributed by atoms with Gasteiger partial charge < -0.3 is 4.74 Å². The second-order valence-electron chi connectivity index (χ2n) is 7.57. The third-order valence-electron chi connectivity index (χ3n) is 5.41. The van der Waals surface area contributed by atoms with E-state index in [-0.39, 0.29) is 27.6 Å². The standard InChI is InChI=1S/C25H19ClFN3O5/c1-35-21-10-6-5-9-17(21)23(32)28-30(24(33)15-7-3-2-4-8-15)20-14-22(31)29(25(20)34)16-11-12-19(27)18(26)13-16/h2-13,20H,14H2,1H3,(H,28,32). The number of para-hydroxylation sites is 1. The number of ether oxygens (including phenoxy) is 1. The zero-order chi connectivity index (χ0) is 25.1. The number of carbonyl (C=O) groups excluding carboxylic acids is 4. The SMILES string of the molecule is COc1ccccc1C(=O)NN(C(=O)c1ccccc1)C1CC(=O)N(c2ccc(F)c(Cl)c2)C1=O. The van der Waals surface area contributed by atoms with Crippen molar-refractivity contribution in [2.24, 2.45) is 0 Å². The van der Waals surface area contributed by atoms with Crippen molar-refractivity contribution in [1.82, 2.24) is 10.4 Å². The number of hydrogen-bond donors (Lipinski definition) is 1. The van der Waals surface area contributed by atoms with Gasteiger partial charge in [-0.2, -0.15) is 0 Å². The van der Waals surface area contributed by atoms with Crippen molar-refractivity contribution in [3.8, 4) is 5.75 Å². The van der Waals surface area contributed by atoms with Crippen molar-refractivity contribution in [2.75, 3.05) is 12.0 Å². The smallest absolute Gasteiger partial charge is 0.273 e. The Bertz CT molecular complexity index is 1320. The van der Waals surface area contributed by atoms with E-state index in [2.05, 4.69) is 5.43 Å². The van der Waals surface area contributed by atoms with Gasteiger partial charge in [-0.3, -0.25) is 24.6 Å². The number of amides is 4. The Labute approximate surface area is 204 Å². The molecule has 1 N–H and O–H groups in total. The first kappa shape index (κ1) is 23.9. The minimum Gasteiger partial charge on any atom is -0.496 e. The highest BCUT2D eigenvalue weighted by molar-refractivity contribution is 6.31. The number of anilines is 1. The van der Waals surface area contributed by atoms with E-state index >= 15 is 0 Å². The van der Waals surface area contributed by atoms with E-state index < -0.39 is 41.9 Å². The lowest BCUT2D eigenvalue weighted by atomic mass is 10.1. The Morgan fingerprint density at radius 2 is 1.74 bits per heavy atom. The fourth-order valence-corrected chi connectivity index (χ4v) is 3.88. The zero-order valence-corrected chi connectivity index (χ0v) is 19.2. The summed E-state index contributed by atoms with van der Waals surface area (Å²) in [5.41, 5.74) is 2.84. The Kier molecular flexibility index (Phi) is 6.79. The topological polar surface area (TPSA) is 96.0 Å². The molecule has 3 aromatic carbocycles. The molecule has 0 saturated carbocycles. The van der Waals surface area contributed by atoms with Gasteiger partial charge in [-0.05, 0) is 42.5 Å². The van der Waals surface area contributed by atoms with E-state index in [1.165, 1.54) is 31.4 Å². The molecule has 1 heterocycles. The van der Waals surface area contributed by atoms with Gasteiger partial charge >= 0.3 is 0 Å². The van der Waals surface area contributed by atoms with E-state index in [9.17, 15) is 23.6 Å². The predicted octanol–water partition coefficient (Wildman–Crippen LogP) is 3.61. The molecule has 1 aliphatic heterocycles. The minimum atomic E-state index is -1.35. The van der Waals surface area contributed by atoms with Gasteiger partial charge in [0.1, 0.15) is 17.6 Å². The average molecular weight is 496 g/mol. The summed E-state index contributed by atoms with van der Waals surface area (Å²) in [6.45, 7) is 0. The number of methoxy groups -OCH3 is 1. The third kappa shape index (κ3) is 4.71. The molecular weight excluding hydrogens is 477 g/mol. The van der Waals surface area contributed by atoms with Crippen molar-refractivity contribution in [3.05, 3.63) is 94.8 Å². The average Bonchev–Trinajstić information content (AvgIpc) is 3.17. The molecular formula is C25H19ClFN3O5. The molecule has 1 unspecified atom stereocenters. The highest BCUT2D eigenvalue weighted by Crippen LogP contribution is 2.29. The molecule has 0 aliphatic carbocycles. The Morgan fingerprint density at radius 1 is 1.06 bits per heavy atom. The van der Waals surface area contributed by atoms with Crippen LogP contribution in [-0.2, 0) is 9.59 Å². The van der Waals surface area contributed by atoms with Crippen LogP contribution in [-0.4, -0.2) is 41.8 Å². The molecule has 1 atom stereocenters.